The summed E-state index contributed by atoms with van der Waals surface area (Å²) >= 11 is 1.50. The highest BCUT2D eigenvalue weighted by atomic mass is 32.1. The fraction of sp³-hybridized carbons (Fsp3) is 0.318. The molecule has 0 N–H and O–H groups in total. The highest BCUT2D eigenvalue weighted by Crippen LogP contribution is 2.37. The Labute approximate surface area is 161 Å². The quantitative estimate of drug-likeness (QED) is 0.532. The van der Waals surface area contributed by atoms with Gasteiger partial charge < -0.3 is 0 Å². The van der Waals surface area contributed by atoms with Gasteiger partial charge in [0.2, 0.25) is 0 Å². The van der Waals surface area contributed by atoms with Gasteiger partial charge in [-0.25, -0.2) is 9.97 Å². The van der Waals surface area contributed by atoms with Crippen molar-refractivity contribution in [2.45, 2.75) is 45.6 Å². The molecular weight excluding hydrogens is 354 g/mol. The molecule has 5 heteroatoms. The van der Waals surface area contributed by atoms with E-state index in [-0.39, 0.29) is 5.56 Å². The van der Waals surface area contributed by atoms with Gasteiger partial charge in [0.15, 0.2) is 0 Å². The Hall–Kier alpha value is -2.53. The molecule has 0 spiro atoms. The van der Waals surface area contributed by atoms with Gasteiger partial charge in [-0.15, -0.1) is 11.3 Å². The van der Waals surface area contributed by atoms with Crippen molar-refractivity contribution in [3.8, 4) is 0 Å². The largest absolute Gasteiger partial charge is 0.298 e. The smallest absolute Gasteiger partial charge is 0.271 e. The molecule has 136 valence electrons. The van der Waals surface area contributed by atoms with E-state index in [9.17, 15) is 4.79 Å². The molecule has 0 amide bonds. The van der Waals surface area contributed by atoms with Crippen LogP contribution in [-0.2, 0) is 25.8 Å². The van der Waals surface area contributed by atoms with Crippen molar-refractivity contribution in [1.82, 2.24) is 14.5 Å². The first kappa shape index (κ1) is 16.6. The topological polar surface area (TPSA) is 47.8 Å². The molecule has 3 aromatic heterocycles. The van der Waals surface area contributed by atoms with Gasteiger partial charge in [-0.2, -0.15) is 0 Å². The molecule has 5 rings (SSSR count). The van der Waals surface area contributed by atoms with Gasteiger partial charge in [-0.1, -0.05) is 30.3 Å². The summed E-state index contributed by atoms with van der Waals surface area (Å²) in [6.45, 7) is 2.74. The molecule has 0 unspecified atom stereocenters. The normalized spacial score (nSPS) is 14.0. The fourth-order valence-electron chi connectivity index (χ4n) is 4.19. The maximum Gasteiger partial charge on any atom is 0.271 e. The van der Waals surface area contributed by atoms with Crippen LogP contribution in [0, 0.1) is 6.92 Å². The third kappa shape index (κ3) is 2.77. The highest BCUT2D eigenvalue weighted by Gasteiger charge is 2.21. The first-order valence-electron chi connectivity index (χ1n) is 9.56. The Bertz CT molecular complexity index is 1210. The van der Waals surface area contributed by atoms with E-state index in [2.05, 4.69) is 19.1 Å². The molecule has 27 heavy (non-hydrogen) atoms. The predicted molar refractivity (Wildman–Crippen MR) is 111 cm³/mol. The van der Waals surface area contributed by atoms with Gasteiger partial charge in [-0.3, -0.25) is 9.36 Å². The second-order valence-corrected chi connectivity index (χ2v) is 8.30. The first-order valence-corrected chi connectivity index (χ1v) is 10.4. The molecule has 0 aliphatic heterocycles. The average Bonchev–Trinajstić information content (AvgIpc) is 3.08. The molecule has 0 bridgehead atoms. The van der Waals surface area contributed by atoms with Crippen molar-refractivity contribution in [1.29, 1.82) is 0 Å². The van der Waals surface area contributed by atoms with Crippen molar-refractivity contribution in [3.05, 3.63) is 69.4 Å². The minimum Gasteiger partial charge on any atom is -0.298 e. The SMILES string of the molecule is Cc1nc2sc3c(=O)n(CCc4ccccc4)cnc3c2c2c1CCCC2. The molecule has 3 heterocycles. The minimum atomic E-state index is 0.0566. The zero-order chi connectivity index (χ0) is 18.4. The van der Waals surface area contributed by atoms with Crippen molar-refractivity contribution < 1.29 is 0 Å². The van der Waals surface area contributed by atoms with Crippen LogP contribution in [0.5, 0.6) is 0 Å². The maximum atomic E-state index is 13.1. The number of rotatable bonds is 3. The summed E-state index contributed by atoms with van der Waals surface area (Å²) < 4.78 is 2.48. The van der Waals surface area contributed by atoms with Crippen LogP contribution >= 0.6 is 11.3 Å². The van der Waals surface area contributed by atoms with E-state index in [1.54, 1.807) is 10.9 Å². The van der Waals surface area contributed by atoms with E-state index >= 15 is 0 Å². The van der Waals surface area contributed by atoms with Crippen LogP contribution in [0.4, 0.5) is 0 Å². The Kier molecular flexibility index (Phi) is 4.05. The molecule has 4 nitrogen and oxygen atoms in total. The molecule has 1 aromatic carbocycles. The number of pyridine rings is 1. The number of hydrogen-bond acceptors (Lipinski definition) is 4. The first-order chi connectivity index (χ1) is 13.2. The number of benzene rings is 1. The second kappa shape index (κ2) is 6.57. The lowest BCUT2D eigenvalue weighted by molar-refractivity contribution is 0.663. The average molecular weight is 375 g/mol. The van der Waals surface area contributed by atoms with Crippen molar-refractivity contribution in [2.24, 2.45) is 0 Å². The van der Waals surface area contributed by atoms with Crippen molar-refractivity contribution in [2.75, 3.05) is 0 Å². The highest BCUT2D eigenvalue weighted by molar-refractivity contribution is 7.25. The minimum absolute atomic E-state index is 0.0566. The summed E-state index contributed by atoms with van der Waals surface area (Å²) in [5, 5.41) is 1.13. The van der Waals surface area contributed by atoms with Crippen LogP contribution in [0.25, 0.3) is 20.4 Å². The molecule has 0 saturated heterocycles. The Morgan fingerprint density at radius 1 is 1.11 bits per heavy atom. The van der Waals surface area contributed by atoms with E-state index in [1.165, 1.54) is 40.9 Å². The Balaban J connectivity index is 1.62. The van der Waals surface area contributed by atoms with E-state index in [0.29, 0.717) is 6.54 Å². The lowest BCUT2D eigenvalue weighted by Gasteiger charge is -2.18. The van der Waals surface area contributed by atoms with Crippen LogP contribution in [0.15, 0.2) is 41.5 Å². The van der Waals surface area contributed by atoms with Gasteiger partial charge >= 0.3 is 0 Å². The van der Waals surface area contributed by atoms with Gasteiger partial charge in [-0.05, 0) is 55.7 Å². The summed E-state index contributed by atoms with van der Waals surface area (Å²) in [5.41, 5.74) is 6.01. The van der Waals surface area contributed by atoms with E-state index in [4.69, 9.17) is 9.97 Å². The van der Waals surface area contributed by atoms with E-state index in [0.717, 1.165) is 45.4 Å². The van der Waals surface area contributed by atoms with Gasteiger partial charge in [0.1, 0.15) is 9.53 Å². The monoisotopic (exact) mass is 375 g/mol. The Morgan fingerprint density at radius 2 is 1.89 bits per heavy atom. The number of thiophene rings is 1. The molecule has 0 fully saturated rings. The molecule has 1 aliphatic carbocycles. The second-order valence-electron chi connectivity index (χ2n) is 7.30. The number of aryl methyl sites for hydroxylation is 4. The number of hydrogen-bond donors (Lipinski definition) is 0. The molecule has 0 radical (unpaired) electrons. The van der Waals surface area contributed by atoms with Crippen LogP contribution in [0.1, 0.15) is 35.2 Å². The van der Waals surface area contributed by atoms with E-state index in [1.807, 2.05) is 18.2 Å². The van der Waals surface area contributed by atoms with Crippen LogP contribution in [-0.4, -0.2) is 14.5 Å². The molecule has 4 aromatic rings. The fourth-order valence-corrected chi connectivity index (χ4v) is 5.35. The van der Waals surface area contributed by atoms with Gasteiger partial charge in [0, 0.05) is 17.6 Å². The molecule has 0 atom stereocenters. The molecule has 1 aliphatic rings. The lowest BCUT2D eigenvalue weighted by Crippen LogP contribution is -2.20. The molecule has 0 saturated carbocycles. The number of aromatic nitrogens is 3. The van der Waals surface area contributed by atoms with Gasteiger partial charge in [0.05, 0.1) is 11.8 Å². The Morgan fingerprint density at radius 3 is 2.70 bits per heavy atom. The summed E-state index contributed by atoms with van der Waals surface area (Å²) in [7, 11) is 0. The zero-order valence-electron chi connectivity index (χ0n) is 15.4. The summed E-state index contributed by atoms with van der Waals surface area (Å²) in [5.74, 6) is 0. The van der Waals surface area contributed by atoms with Crippen molar-refractivity contribution >= 4 is 31.8 Å². The lowest BCUT2D eigenvalue weighted by atomic mass is 9.89. The number of fused-ring (bicyclic) bond motifs is 5. The predicted octanol–water partition coefficient (Wildman–Crippen LogP) is 4.44. The summed E-state index contributed by atoms with van der Waals surface area (Å²) in [4.78, 5) is 23.6. The van der Waals surface area contributed by atoms with Gasteiger partial charge in [0.25, 0.3) is 5.56 Å². The third-order valence-electron chi connectivity index (χ3n) is 5.61. The zero-order valence-corrected chi connectivity index (χ0v) is 16.2. The third-order valence-corrected chi connectivity index (χ3v) is 6.67. The summed E-state index contributed by atoms with van der Waals surface area (Å²) in [6, 6.07) is 10.3. The number of nitrogens with zero attached hydrogens (tertiary/aromatic N) is 3. The van der Waals surface area contributed by atoms with Crippen LogP contribution in [0.2, 0.25) is 0 Å². The standard InChI is InChI=1S/C22H21N3OS/c1-14-16-9-5-6-10-17(16)18-19-20(27-21(18)24-14)22(26)25(13-23-19)12-11-15-7-3-2-4-8-15/h2-4,7-8,13H,5-6,9-12H2,1H3. The molecular formula is C22H21N3OS. The van der Waals surface area contributed by atoms with E-state index < -0.39 is 0 Å². The van der Waals surface area contributed by atoms with Crippen LogP contribution < -0.4 is 5.56 Å². The van der Waals surface area contributed by atoms with Crippen LogP contribution in [0.3, 0.4) is 0 Å². The summed E-state index contributed by atoms with van der Waals surface area (Å²) in [6.07, 6.45) is 7.13. The maximum absolute atomic E-state index is 13.1. The van der Waals surface area contributed by atoms with Crippen molar-refractivity contribution in [3.63, 3.8) is 0 Å².